The van der Waals surface area contributed by atoms with Gasteiger partial charge in [0.2, 0.25) is 0 Å². The van der Waals surface area contributed by atoms with Gasteiger partial charge in [-0.3, -0.25) is 4.98 Å². The second kappa shape index (κ2) is 7.62. The Balaban J connectivity index is 1.75. The number of aromatic nitrogens is 2. The summed E-state index contributed by atoms with van der Waals surface area (Å²) >= 11 is 0. The normalized spacial score (nSPS) is 16.5. The van der Waals surface area contributed by atoms with Crippen LogP contribution in [-0.4, -0.2) is 49.2 Å². The highest BCUT2D eigenvalue weighted by molar-refractivity contribution is 5.73. The van der Waals surface area contributed by atoms with E-state index in [9.17, 15) is 0 Å². The van der Waals surface area contributed by atoms with Gasteiger partial charge >= 0.3 is 0 Å². The van der Waals surface area contributed by atoms with Crippen molar-refractivity contribution in [3.63, 3.8) is 0 Å². The number of ether oxygens (including phenoxy) is 1. The maximum absolute atomic E-state index is 5.68. The molecular formula is C22H26N4O. The molecular weight excluding hydrogens is 336 g/mol. The van der Waals surface area contributed by atoms with Crippen LogP contribution in [0.2, 0.25) is 0 Å². The molecule has 0 bridgehead atoms. The average molecular weight is 362 g/mol. The van der Waals surface area contributed by atoms with E-state index < -0.39 is 0 Å². The lowest BCUT2D eigenvalue weighted by molar-refractivity contribution is 0.390. The van der Waals surface area contributed by atoms with Gasteiger partial charge in [-0.1, -0.05) is 12.1 Å². The molecule has 4 rings (SSSR count). The Labute approximate surface area is 160 Å². The molecule has 2 aromatic carbocycles. The molecule has 0 fully saturated rings. The summed E-state index contributed by atoms with van der Waals surface area (Å²) in [7, 11) is 5.95. The van der Waals surface area contributed by atoms with Crippen molar-refractivity contribution in [1.29, 1.82) is 0 Å². The molecule has 1 atom stereocenters. The van der Waals surface area contributed by atoms with Crippen molar-refractivity contribution in [3.05, 3.63) is 65.0 Å². The van der Waals surface area contributed by atoms with Gasteiger partial charge in [-0.05, 0) is 67.9 Å². The Morgan fingerprint density at radius 2 is 2.00 bits per heavy atom. The Hall–Kier alpha value is -2.50. The second-order valence-corrected chi connectivity index (χ2v) is 7.34. The standard InChI is InChI=1S/C22H26N4O/c1-26(2)11-9-16-12-17-15(13-21(16)27-3)8-10-23-22(17)20-14-24-18-6-4-5-7-19(18)25-20/h4-7,12-14,22-23H,8-11H2,1-3H3. The predicted octanol–water partition coefficient (Wildman–Crippen LogP) is 2.98. The molecule has 1 aromatic heterocycles. The Morgan fingerprint density at radius 1 is 1.19 bits per heavy atom. The van der Waals surface area contributed by atoms with E-state index in [-0.39, 0.29) is 6.04 Å². The van der Waals surface area contributed by atoms with E-state index in [1.165, 1.54) is 16.7 Å². The molecule has 1 unspecified atom stereocenters. The Kier molecular flexibility index (Phi) is 5.05. The number of hydrogen-bond acceptors (Lipinski definition) is 5. The van der Waals surface area contributed by atoms with Crippen LogP contribution in [0.5, 0.6) is 5.75 Å². The zero-order valence-electron chi connectivity index (χ0n) is 16.2. The first-order chi connectivity index (χ1) is 13.2. The number of para-hydroxylation sites is 2. The van der Waals surface area contributed by atoms with Gasteiger partial charge in [0.25, 0.3) is 0 Å². The van der Waals surface area contributed by atoms with Crippen molar-refractivity contribution < 1.29 is 4.74 Å². The maximum Gasteiger partial charge on any atom is 0.122 e. The van der Waals surface area contributed by atoms with Crippen LogP contribution < -0.4 is 10.1 Å². The first-order valence-corrected chi connectivity index (χ1v) is 9.45. The van der Waals surface area contributed by atoms with Crippen LogP contribution in [0.4, 0.5) is 0 Å². The van der Waals surface area contributed by atoms with E-state index in [1.54, 1.807) is 7.11 Å². The number of nitrogens with zero attached hydrogens (tertiary/aromatic N) is 3. The van der Waals surface area contributed by atoms with Crippen LogP contribution in [0.15, 0.2) is 42.6 Å². The number of nitrogens with one attached hydrogen (secondary N) is 1. The van der Waals surface area contributed by atoms with Gasteiger partial charge in [0.05, 0.1) is 36.1 Å². The molecule has 140 valence electrons. The summed E-state index contributed by atoms with van der Waals surface area (Å²) in [4.78, 5) is 11.7. The van der Waals surface area contributed by atoms with Gasteiger partial charge in [-0.25, -0.2) is 4.98 Å². The molecule has 2 heterocycles. The van der Waals surface area contributed by atoms with Crippen LogP contribution in [-0.2, 0) is 12.8 Å². The van der Waals surface area contributed by atoms with Gasteiger partial charge in [0.15, 0.2) is 0 Å². The van der Waals surface area contributed by atoms with Crippen molar-refractivity contribution >= 4 is 11.0 Å². The third kappa shape index (κ3) is 3.66. The molecule has 0 radical (unpaired) electrons. The Bertz CT molecular complexity index is 954. The largest absolute Gasteiger partial charge is 0.496 e. The second-order valence-electron chi connectivity index (χ2n) is 7.34. The zero-order valence-corrected chi connectivity index (χ0v) is 16.2. The number of benzene rings is 2. The Morgan fingerprint density at radius 3 is 2.78 bits per heavy atom. The highest BCUT2D eigenvalue weighted by atomic mass is 16.5. The highest BCUT2D eigenvalue weighted by Gasteiger charge is 2.25. The first-order valence-electron chi connectivity index (χ1n) is 9.45. The minimum absolute atomic E-state index is 0.0647. The summed E-state index contributed by atoms with van der Waals surface area (Å²) in [6.07, 6.45) is 3.86. The summed E-state index contributed by atoms with van der Waals surface area (Å²) in [5, 5.41) is 3.63. The fourth-order valence-electron chi connectivity index (χ4n) is 3.74. The zero-order chi connectivity index (χ0) is 18.8. The topological polar surface area (TPSA) is 50.3 Å². The first kappa shape index (κ1) is 17.9. The number of likely N-dealkylation sites (N-methyl/N-ethyl adjacent to an activating group) is 1. The molecule has 1 N–H and O–H groups in total. The van der Waals surface area contributed by atoms with Gasteiger partial charge in [-0.2, -0.15) is 0 Å². The minimum Gasteiger partial charge on any atom is -0.496 e. The van der Waals surface area contributed by atoms with Crippen LogP contribution in [0.1, 0.15) is 28.4 Å². The number of hydrogen-bond donors (Lipinski definition) is 1. The smallest absolute Gasteiger partial charge is 0.122 e. The van der Waals surface area contributed by atoms with Crippen LogP contribution in [0, 0.1) is 0 Å². The summed E-state index contributed by atoms with van der Waals surface area (Å²) in [5.74, 6) is 0.987. The molecule has 0 saturated heterocycles. The monoisotopic (exact) mass is 362 g/mol. The quantitative estimate of drug-likeness (QED) is 0.756. The van der Waals surface area contributed by atoms with Crippen molar-refractivity contribution in [1.82, 2.24) is 20.2 Å². The molecule has 0 aliphatic carbocycles. The molecule has 5 heteroatoms. The van der Waals surface area contributed by atoms with E-state index in [1.807, 2.05) is 30.5 Å². The molecule has 1 aliphatic rings. The van der Waals surface area contributed by atoms with Crippen LogP contribution >= 0.6 is 0 Å². The predicted molar refractivity (Wildman–Crippen MR) is 108 cm³/mol. The van der Waals surface area contributed by atoms with E-state index in [4.69, 9.17) is 9.72 Å². The number of fused-ring (bicyclic) bond motifs is 2. The summed E-state index contributed by atoms with van der Waals surface area (Å²) in [6, 6.07) is 12.6. The van der Waals surface area contributed by atoms with Gasteiger partial charge in [-0.15, -0.1) is 0 Å². The lowest BCUT2D eigenvalue weighted by Gasteiger charge is -2.28. The minimum atomic E-state index is 0.0647. The van der Waals surface area contributed by atoms with Crippen molar-refractivity contribution in [2.75, 3.05) is 34.3 Å². The molecule has 0 spiro atoms. The highest BCUT2D eigenvalue weighted by Crippen LogP contribution is 2.33. The lowest BCUT2D eigenvalue weighted by Crippen LogP contribution is -2.31. The fourth-order valence-corrected chi connectivity index (χ4v) is 3.74. The van der Waals surface area contributed by atoms with E-state index in [0.717, 1.165) is 48.4 Å². The molecule has 1 aliphatic heterocycles. The number of rotatable bonds is 5. The molecule has 0 saturated carbocycles. The van der Waals surface area contributed by atoms with Crippen LogP contribution in [0.3, 0.4) is 0 Å². The molecule has 0 amide bonds. The van der Waals surface area contributed by atoms with Gasteiger partial charge < -0.3 is 15.0 Å². The van der Waals surface area contributed by atoms with Gasteiger partial charge in [0.1, 0.15) is 5.75 Å². The maximum atomic E-state index is 5.68. The van der Waals surface area contributed by atoms with Gasteiger partial charge in [0, 0.05) is 13.1 Å². The van der Waals surface area contributed by atoms with Crippen LogP contribution in [0.25, 0.3) is 11.0 Å². The molecule has 3 aromatic rings. The summed E-state index contributed by atoms with van der Waals surface area (Å²) < 4.78 is 5.68. The van der Waals surface area contributed by atoms with Crippen molar-refractivity contribution in [2.45, 2.75) is 18.9 Å². The third-order valence-corrected chi connectivity index (χ3v) is 5.19. The summed E-state index contributed by atoms with van der Waals surface area (Å²) in [5.41, 5.74) is 6.70. The van der Waals surface area contributed by atoms with Crippen molar-refractivity contribution in [3.8, 4) is 5.75 Å². The van der Waals surface area contributed by atoms with E-state index in [2.05, 4.69) is 41.4 Å². The third-order valence-electron chi connectivity index (χ3n) is 5.19. The fraction of sp³-hybridized carbons (Fsp3) is 0.364. The number of methoxy groups -OCH3 is 1. The molecule has 5 nitrogen and oxygen atoms in total. The average Bonchev–Trinajstić information content (AvgIpc) is 2.70. The van der Waals surface area contributed by atoms with E-state index >= 15 is 0 Å². The van der Waals surface area contributed by atoms with E-state index in [0.29, 0.717) is 0 Å². The molecule has 27 heavy (non-hydrogen) atoms. The lowest BCUT2D eigenvalue weighted by atomic mass is 9.89. The SMILES string of the molecule is COc1cc2c(cc1CCN(C)C)C(c1cnc3ccccc3n1)NCC2. The van der Waals surface area contributed by atoms with Crippen molar-refractivity contribution in [2.24, 2.45) is 0 Å². The summed E-state index contributed by atoms with van der Waals surface area (Å²) in [6.45, 7) is 1.91.